The van der Waals surface area contributed by atoms with Crippen LogP contribution in [0.1, 0.15) is 44.0 Å². The van der Waals surface area contributed by atoms with Crippen molar-refractivity contribution in [2.75, 3.05) is 0 Å². The molecule has 3 aliphatic carbocycles. The van der Waals surface area contributed by atoms with E-state index in [1.54, 1.807) is 0 Å². The van der Waals surface area contributed by atoms with E-state index in [1.807, 2.05) is 30.3 Å². The molecular weight excluding hydrogens is 234 g/mol. The lowest BCUT2D eigenvalue weighted by Crippen LogP contribution is -2.60. The van der Waals surface area contributed by atoms with Gasteiger partial charge in [0.15, 0.2) is 0 Å². The summed E-state index contributed by atoms with van der Waals surface area (Å²) in [5, 5.41) is 3.24. The molecule has 3 fully saturated rings. The smallest absolute Gasteiger partial charge is 0.251 e. The van der Waals surface area contributed by atoms with Gasteiger partial charge in [-0.05, 0) is 48.1 Å². The molecule has 102 valence electrons. The molecule has 1 N–H and O–H groups in total. The second kappa shape index (κ2) is 4.36. The molecule has 0 spiro atoms. The highest BCUT2D eigenvalue weighted by Gasteiger charge is 2.56. The molecule has 0 aromatic heterocycles. The maximum absolute atomic E-state index is 12.2. The number of carbonyl (C=O) groups excluding carboxylic acids is 1. The second-order valence-electron chi connectivity index (χ2n) is 6.90. The van der Waals surface area contributed by atoms with Crippen LogP contribution in [0.15, 0.2) is 30.3 Å². The molecule has 4 rings (SSSR count). The first-order valence-electron chi connectivity index (χ1n) is 7.36. The number of hydrogen-bond acceptors (Lipinski definition) is 1. The molecule has 0 aliphatic heterocycles. The molecule has 0 radical (unpaired) electrons. The summed E-state index contributed by atoms with van der Waals surface area (Å²) in [6, 6.07) is 9.89. The summed E-state index contributed by atoms with van der Waals surface area (Å²) >= 11 is 0. The van der Waals surface area contributed by atoms with Gasteiger partial charge in [0, 0.05) is 11.6 Å². The number of benzene rings is 1. The number of rotatable bonds is 2. The lowest BCUT2D eigenvalue weighted by molar-refractivity contribution is -0.113. The van der Waals surface area contributed by atoms with Crippen molar-refractivity contribution in [3.05, 3.63) is 35.9 Å². The summed E-state index contributed by atoms with van der Waals surface area (Å²) in [5.41, 5.74) is 1.25. The zero-order valence-corrected chi connectivity index (χ0v) is 12.0. The Kier molecular flexibility index (Phi) is 2.92. The lowest BCUT2D eigenvalue weighted by Gasteiger charge is -2.62. The number of fused-ring (bicyclic) bond motifs is 2. The van der Waals surface area contributed by atoms with E-state index in [0.29, 0.717) is 17.4 Å². The number of carbonyl (C=O) groups is 1. The highest BCUT2D eigenvalue weighted by Crippen LogP contribution is 2.61. The average molecular weight is 257 g/mol. The number of amides is 1. The maximum Gasteiger partial charge on any atom is 0.251 e. The largest absolute Gasteiger partial charge is 0.349 e. The van der Waals surface area contributed by atoms with Gasteiger partial charge < -0.3 is 5.32 Å². The van der Waals surface area contributed by atoms with Crippen LogP contribution in [0.3, 0.4) is 0 Å². The van der Waals surface area contributed by atoms with Gasteiger partial charge in [0.25, 0.3) is 5.91 Å². The molecule has 3 unspecified atom stereocenters. The molecule has 1 aromatic carbocycles. The van der Waals surface area contributed by atoms with Gasteiger partial charge in [-0.1, -0.05) is 39.0 Å². The summed E-state index contributed by atoms with van der Waals surface area (Å²) in [7, 11) is 0. The third-order valence-electron chi connectivity index (χ3n) is 5.71. The Morgan fingerprint density at radius 1 is 1.21 bits per heavy atom. The molecule has 2 nitrogen and oxygen atoms in total. The first-order chi connectivity index (χ1) is 9.00. The highest BCUT2D eigenvalue weighted by molar-refractivity contribution is 5.94. The third-order valence-corrected chi connectivity index (χ3v) is 5.71. The normalized spacial score (nSPS) is 35.3. The van der Waals surface area contributed by atoms with Crippen LogP contribution < -0.4 is 5.32 Å². The Morgan fingerprint density at radius 2 is 1.89 bits per heavy atom. The van der Waals surface area contributed by atoms with Crippen LogP contribution in [-0.4, -0.2) is 11.9 Å². The fourth-order valence-electron chi connectivity index (χ4n) is 4.18. The molecule has 1 amide bonds. The lowest BCUT2D eigenvalue weighted by atomic mass is 9.45. The zero-order valence-electron chi connectivity index (χ0n) is 12.0. The zero-order chi connectivity index (χ0) is 13.6. The van der Waals surface area contributed by atoms with Crippen LogP contribution in [0.5, 0.6) is 0 Å². The minimum absolute atomic E-state index is 0.0801. The van der Waals surface area contributed by atoms with Gasteiger partial charge in [-0.15, -0.1) is 0 Å². The van der Waals surface area contributed by atoms with Gasteiger partial charge in [0.1, 0.15) is 0 Å². The molecule has 0 heterocycles. The Bertz CT molecular complexity index is 479. The molecule has 2 heteroatoms. The van der Waals surface area contributed by atoms with Crippen molar-refractivity contribution >= 4 is 5.91 Å². The maximum atomic E-state index is 12.2. The first-order valence-corrected chi connectivity index (χ1v) is 7.36. The van der Waals surface area contributed by atoms with Crippen LogP contribution in [-0.2, 0) is 0 Å². The van der Waals surface area contributed by atoms with Gasteiger partial charge in [0.05, 0.1) is 0 Å². The van der Waals surface area contributed by atoms with Crippen LogP contribution in [0, 0.1) is 23.2 Å². The van der Waals surface area contributed by atoms with E-state index in [2.05, 4.69) is 26.1 Å². The van der Waals surface area contributed by atoms with E-state index < -0.39 is 0 Å². The summed E-state index contributed by atoms with van der Waals surface area (Å²) in [6.07, 6.45) is 2.50. The van der Waals surface area contributed by atoms with Crippen molar-refractivity contribution in [1.82, 2.24) is 5.32 Å². The molecule has 3 aliphatic rings. The molecule has 19 heavy (non-hydrogen) atoms. The van der Waals surface area contributed by atoms with Gasteiger partial charge in [-0.25, -0.2) is 0 Å². The van der Waals surface area contributed by atoms with Crippen molar-refractivity contribution in [3.8, 4) is 0 Å². The Hall–Kier alpha value is -1.31. The molecule has 0 saturated heterocycles. The van der Waals surface area contributed by atoms with Crippen LogP contribution in [0.25, 0.3) is 0 Å². The fourth-order valence-corrected chi connectivity index (χ4v) is 4.18. The number of nitrogens with one attached hydrogen (secondary N) is 1. The van der Waals surface area contributed by atoms with Gasteiger partial charge in [-0.2, -0.15) is 0 Å². The average Bonchev–Trinajstić information content (AvgIpc) is 2.41. The SMILES string of the molecule is C[C@@H]1C(NC(=O)c2ccccc2)CC2CC1C2(C)C. The van der Waals surface area contributed by atoms with E-state index in [4.69, 9.17) is 0 Å². The first kappa shape index (κ1) is 12.7. The van der Waals surface area contributed by atoms with Crippen LogP contribution in [0.2, 0.25) is 0 Å². The van der Waals surface area contributed by atoms with E-state index in [0.717, 1.165) is 23.8 Å². The molecule has 4 atom stereocenters. The second-order valence-corrected chi connectivity index (χ2v) is 6.90. The quantitative estimate of drug-likeness (QED) is 0.863. The Balaban J connectivity index is 1.68. The molecule has 1 aromatic rings. The van der Waals surface area contributed by atoms with Crippen molar-refractivity contribution < 1.29 is 4.79 Å². The summed E-state index contributed by atoms with van der Waals surface area (Å²) in [6.45, 7) is 7.08. The topological polar surface area (TPSA) is 29.1 Å². The van der Waals surface area contributed by atoms with E-state index in [-0.39, 0.29) is 5.91 Å². The van der Waals surface area contributed by atoms with Gasteiger partial charge in [-0.3, -0.25) is 4.79 Å². The van der Waals surface area contributed by atoms with Crippen molar-refractivity contribution in [3.63, 3.8) is 0 Å². The monoisotopic (exact) mass is 257 g/mol. The van der Waals surface area contributed by atoms with E-state index >= 15 is 0 Å². The summed E-state index contributed by atoms with van der Waals surface area (Å²) in [5.74, 6) is 2.23. The third kappa shape index (κ3) is 1.98. The highest BCUT2D eigenvalue weighted by atomic mass is 16.1. The van der Waals surface area contributed by atoms with Crippen LogP contribution in [0.4, 0.5) is 0 Å². The predicted octanol–water partition coefficient (Wildman–Crippen LogP) is 3.49. The predicted molar refractivity (Wildman–Crippen MR) is 76.9 cm³/mol. The van der Waals surface area contributed by atoms with E-state index in [9.17, 15) is 4.79 Å². The molecule has 3 saturated carbocycles. The molecule has 2 bridgehead atoms. The molecular formula is C17H23NO. The van der Waals surface area contributed by atoms with Gasteiger partial charge >= 0.3 is 0 Å². The minimum atomic E-state index is 0.0801. The summed E-state index contributed by atoms with van der Waals surface area (Å²) < 4.78 is 0. The van der Waals surface area contributed by atoms with Crippen LogP contribution >= 0.6 is 0 Å². The van der Waals surface area contributed by atoms with Crippen molar-refractivity contribution in [1.29, 1.82) is 0 Å². The van der Waals surface area contributed by atoms with Gasteiger partial charge in [0.2, 0.25) is 0 Å². The standard InChI is InChI=1S/C17H23NO/c1-11-14-9-13(17(14,2)3)10-15(11)18-16(19)12-7-5-4-6-8-12/h4-8,11,13-15H,9-10H2,1-3H3,(H,18,19)/t11-,13?,14?,15?/m0/s1. The summed E-state index contributed by atoms with van der Waals surface area (Å²) in [4.78, 5) is 12.2. The van der Waals surface area contributed by atoms with Crippen molar-refractivity contribution in [2.24, 2.45) is 23.2 Å². The Morgan fingerprint density at radius 3 is 2.47 bits per heavy atom. The minimum Gasteiger partial charge on any atom is -0.349 e. The number of hydrogen-bond donors (Lipinski definition) is 1. The van der Waals surface area contributed by atoms with E-state index in [1.165, 1.54) is 6.42 Å². The Labute approximate surface area is 115 Å². The van der Waals surface area contributed by atoms with Crippen molar-refractivity contribution in [2.45, 2.75) is 39.7 Å². The fraction of sp³-hybridized carbons (Fsp3) is 0.588.